The second-order valence-electron chi connectivity index (χ2n) is 22.0. The number of nitrogens with zero attached hydrogens (tertiary/aromatic N) is 4. The van der Waals surface area contributed by atoms with Crippen molar-refractivity contribution >= 4 is 71.2 Å². The zero-order valence-electron chi connectivity index (χ0n) is 42.6. The molecule has 0 aliphatic carbocycles. The first-order chi connectivity index (χ1) is 37.2. The minimum absolute atomic E-state index is 0.0198. The molecule has 2 aliphatic rings. The van der Waals surface area contributed by atoms with E-state index in [1.807, 2.05) is 24.3 Å². The zero-order valence-corrected chi connectivity index (χ0v) is 42.6. The van der Waals surface area contributed by atoms with Crippen LogP contribution in [0.15, 0.2) is 231 Å². The van der Waals surface area contributed by atoms with Crippen LogP contribution in [0.2, 0.25) is 0 Å². The summed E-state index contributed by atoms with van der Waals surface area (Å²) in [6.07, 6.45) is 0. The van der Waals surface area contributed by atoms with Crippen molar-refractivity contribution in [1.29, 1.82) is 0 Å². The number of carbonyl (C=O) groups excluding carboxylic acids is 1. The van der Waals surface area contributed by atoms with Crippen molar-refractivity contribution in [3.05, 3.63) is 264 Å². The number of para-hydroxylation sites is 4. The predicted molar refractivity (Wildman–Crippen MR) is 314 cm³/mol. The normalized spacial score (nSPS) is 14.1. The second-order valence-corrected chi connectivity index (χ2v) is 22.0. The summed E-state index contributed by atoms with van der Waals surface area (Å²) in [7, 11) is 0. The molecule has 4 aromatic heterocycles. The van der Waals surface area contributed by atoms with Crippen molar-refractivity contribution in [1.82, 2.24) is 18.3 Å². The van der Waals surface area contributed by atoms with E-state index < -0.39 is 0 Å². The molecule has 360 valence electrons. The van der Waals surface area contributed by atoms with Gasteiger partial charge in [0.1, 0.15) is 0 Å². The average Bonchev–Trinajstić information content (AvgIpc) is 4.33. The van der Waals surface area contributed by atoms with Gasteiger partial charge in [-0.2, -0.15) is 0 Å². The van der Waals surface area contributed by atoms with E-state index in [-0.39, 0.29) is 16.6 Å². The first-order valence-electron chi connectivity index (χ1n) is 26.5. The average molecular weight is 975 g/mol. The molecule has 6 heterocycles. The molecule has 0 saturated carbocycles. The molecule has 5 heteroatoms. The lowest BCUT2D eigenvalue weighted by atomic mass is 9.80. The third-order valence-electron chi connectivity index (χ3n) is 17.2. The number of benzene rings is 10. The van der Waals surface area contributed by atoms with Crippen molar-refractivity contribution < 1.29 is 4.79 Å². The molecule has 5 nitrogen and oxygen atoms in total. The summed E-state index contributed by atoms with van der Waals surface area (Å²) in [5.41, 5.74) is 22.1. The van der Waals surface area contributed by atoms with Crippen molar-refractivity contribution in [2.75, 3.05) is 0 Å². The molecule has 0 N–H and O–H groups in total. The summed E-state index contributed by atoms with van der Waals surface area (Å²) < 4.78 is 9.75. The molecule has 14 aromatic rings. The van der Waals surface area contributed by atoms with E-state index in [1.165, 1.54) is 99.5 Å². The first kappa shape index (κ1) is 43.0. The highest BCUT2D eigenvalue weighted by Crippen LogP contribution is 2.55. The molecule has 0 atom stereocenters. The summed E-state index contributed by atoms with van der Waals surface area (Å²) in [6, 6.07) is 82.8. The maximum absolute atomic E-state index is 15.1. The monoisotopic (exact) mass is 974 g/mol. The molecule has 0 unspecified atom stereocenters. The standard InChI is InChI=1S/C71H50N4O/c1-70(2)55-41-61-53(39-63(55)74-59-35-17-13-31-51(59)65(68(70)74)43-21-7-5-8-22-43)49-29-11-15-33-57(49)72(61)47-27-19-25-45(37-47)67(76)46-26-20-28-48(38-46)73-58-34-16-12-30-50(58)54-40-64-56(42-62(54)73)71(3,4)69-66(44-23-9-6-10-24-44)52-32-14-18-36-60(52)75(64)69/h5-42H,1-4H3. The zero-order chi connectivity index (χ0) is 50.8. The van der Waals surface area contributed by atoms with Crippen LogP contribution < -0.4 is 0 Å². The van der Waals surface area contributed by atoms with Crippen LogP contribution >= 0.6 is 0 Å². The van der Waals surface area contributed by atoms with Gasteiger partial charge in [0, 0.05) is 88.2 Å². The lowest BCUT2D eigenvalue weighted by Crippen LogP contribution is -2.16. The fourth-order valence-corrected chi connectivity index (χ4v) is 13.9. The highest BCUT2D eigenvalue weighted by molar-refractivity contribution is 6.14. The van der Waals surface area contributed by atoms with Crippen molar-refractivity contribution in [3.63, 3.8) is 0 Å². The van der Waals surface area contributed by atoms with Gasteiger partial charge in [-0.05, 0) is 95.1 Å². The molecule has 76 heavy (non-hydrogen) atoms. The van der Waals surface area contributed by atoms with E-state index >= 15 is 4.79 Å². The summed E-state index contributed by atoms with van der Waals surface area (Å²) in [5.74, 6) is -0.0198. The fraction of sp³-hybridized carbons (Fsp3) is 0.0845. The minimum Gasteiger partial charge on any atom is -0.312 e. The number of carbonyl (C=O) groups is 1. The maximum atomic E-state index is 15.1. The van der Waals surface area contributed by atoms with Gasteiger partial charge in [0.25, 0.3) is 0 Å². The summed E-state index contributed by atoms with van der Waals surface area (Å²) in [4.78, 5) is 15.1. The number of ketones is 1. The van der Waals surface area contributed by atoms with Gasteiger partial charge in [0.05, 0.1) is 44.5 Å². The molecule has 10 aromatic carbocycles. The van der Waals surface area contributed by atoms with Crippen LogP contribution in [0.3, 0.4) is 0 Å². The van der Waals surface area contributed by atoms with Gasteiger partial charge in [-0.15, -0.1) is 0 Å². The Balaban J connectivity index is 0.820. The fourth-order valence-electron chi connectivity index (χ4n) is 13.9. The molecular formula is C71H50N4O. The number of rotatable bonds is 6. The van der Waals surface area contributed by atoms with Crippen molar-refractivity contribution in [2.24, 2.45) is 0 Å². The Morgan fingerprint density at radius 3 is 1.08 bits per heavy atom. The minimum atomic E-state index is -0.308. The topological polar surface area (TPSA) is 36.8 Å². The van der Waals surface area contributed by atoms with Crippen LogP contribution in [0, 0.1) is 0 Å². The lowest BCUT2D eigenvalue weighted by molar-refractivity contribution is 0.103. The van der Waals surface area contributed by atoms with Crippen LogP contribution in [-0.4, -0.2) is 24.1 Å². The lowest BCUT2D eigenvalue weighted by Gasteiger charge is -2.22. The largest absolute Gasteiger partial charge is 0.312 e. The van der Waals surface area contributed by atoms with Gasteiger partial charge in [-0.3, -0.25) is 4.79 Å². The van der Waals surface area contributed by atoms with Gasteiger partial charge in [-0.25, -0.2) is 0 Å². The number of fused-ring (bicyclic) bond motifs is 16. The smallest absolute Gasteiger partial charge is 0.193 e. The molecule has 16 rings (SSSR count). The molecule has 0 saturated heterocycles. The van der Waals surface area contributed by atoms with Gasteiger partial charge >= 0.3 is 0 Å². The van der Waals surface area contributed by atoms with E-state index in [0.717, 1.165) is 33.4 Å². The Morgan fingerprint density at radius 1 is 0.316 bits per heavy atom. The van der Waals surface area contributed by atoms with Gasteiger partial charge in [0.2, 0.25) is 0 Å². The van der Waals surface area contributed by atoms with Gasteiger partial charge in [0.15, 0.2) is 5.78 Å². The van der Waals surface area contributed by atoms with Crippen LogP contribution in [0.5, 0.6) is 0 Å². The summed E-state index contributed by atoms with van der Waals surface area (Å²) in [6.45, 7) is 9.49. The molecule has 0 radical (unpaired) electrons. The number of hydrogen-bond donors (Lipinski definition) is 0. The summed E-state index contributed by atoms with van der Waals surface area (Å²) >= 11 is 0. The third kappa shape index (κ3) is 5.66. The van der Waals surface area contributed by atoms with Crippen LogP contribution in [0.4, 0.5) is 0 Å². The molecule has 0 spiro atoms. The Kier molecular flexibility index (Phi) is 8.66. The quantitative estimate of drug-likeness (QED) is 0.153. The van der Waals surface area contributed by atoms with E-state index in [2.05, 4.69) is 252 Å². The number of hydrogen-bond acceptors (Lipinski definition) is 1. The highest BCUT2D eigenvalue weighted by Gasteiger charge is 2.43. The summed E-state index contributed by atoms with van der Waals surface area (Å²) in [5, 5.41) is 7.24. The van der Waals surface area contributed by atoms with Crippen LogP contribution in [0.1, 0.15) is 66.1 Å². The Morgan fingerprint density at radius 2 is 0.671 bits per heavy atom. The van der Waals surface area contributed by atoms with Crippen molar-refractivity contribution in [3.8, 4) is 45.0 Å². The molecule has 0 amide bonds. The highest BCUT2D eigenvalue weighted by atomic mass is 16.1. The van der Waals surface area contributed by atoms with Gasteiger partial charge in [-0.1, -0.05) is 185 Å². The molecular weight excluding hydrogens is 925 g/mol. The maximum Gasteiger partial charge on any atom is 0.193 e. The first-order valence-corrected chi connectivity index (χ1v) is 26.5. The third-order valence-corrected chi connectivity index (χ3v) is 17.2. The van der Waals surface area contributed by atoms with E-state index in [0.29, 0.717) is 11.1 Å². The number of aromatic nitrogens is 4. The molecule has 0 bridgehead atoms. The van der Waals surface area contributed by atoms with E-state index in [4.69, 9.17) is 0 Å². The van der Waals surface area contributed by atoms with Crippen LogP contribution in [0.25, 0.3) is 110 Å². The Labute approximate surface area is 439 Å². The second kappa shape index (κ2) is 15.3. The van der Waals surface area contributed by atoms with Crippen LogP contribution in [-0.2, 0) is 10.8 Å². The Hall–Kier alpha value is -9.45. The van der Waals surface area contributed by atoms with E-state index in [9.17, 15) is 0 Å². The van der Waals surface area contributed by atoms with E-state index in [1.54, 1.807) is 0 Å². The SMILES string of the molecule is CC1(C)c2cc3c(cc2-n2c1c(-c1ccccc1)c1ccccc12)c1ccccc1n3-c1cccc(C(=O)c2cccc(-n3c4ccccc4c4cc5c(cc43)C(C)(C)c3c(-c4ccccc4)c4ccccc4n3-5)c2)c1. The Bertz CT molecular complexity index is 4520. The van der Waals surface area contributed by atoms with Crippen molar-refractivity contribution in [2.45, 2.75) is 38.5 Å². The molecule has 0 fully saturated rings. The predicted octanol–water partition coefficient (Wildman–Crippen LogP) is 17.6. The van der Waals surface area contributed by atoms with Gasteiger partial charge < -0.3 is 18.3 Å². The molecule has 2 aliphatic heterocycles.